The van der Waals surface area contributed by atoms with Crippen LogP contribution in [0.25, 0.3) is 0 Å². The topological polar surface area (TPSA) is 44.6 Å². The van der Waals surface area contributed by atoms with Crippen LogP contribution in [0.2, 0.25) is 0 Å². The Morgan fingerprint density at radius 3 is 2.50 bits per heavy atom. The van der Waals surface area contributed by atoms with Gasteiger partial charge in [-0.2, -0.15) is 5.10 Å². The molecule has 0 unspecified atom stereocenters. The lowest BCUT2D eigenvalue weighted by Gasteiger charge is -2.16. The number of hydrazone groups is 1. The van der Waals surface area contributed by atoms with Crippen molar-refractivity contribution >= 4 is 5.71 Å². The maximum absolute atomic E-state index is 9.44. The van der Waals surface area contributed by atoms with Gasteiger partial charge in [0.05, 0.1) is 5.60 Å². The molecule has 0 aliphatic rings. The van der Waals surface area contributed by atoms with Crippen LogP contribution < -0.4 is 5.43 Å². The minimum absolute atomic E-state index is 0.615. The third kappa shape index (κ3) is 7.54. The summed E-state index contributed by atoms with van der Waals surface area (Å²) in [5, 5.41) is 13.5. The van der Waals surface area contributed by atoms with Gasteiger partial charge >= 0.3 is 0 Å². The Kier molecular flexibility index (Phi) is 4.90. The first-order valence-electron chi connectivity index (χ1n) is 4.44. The SMILES string of the molecule is CCCN/N=C(\C)CC(C)(C)O. The van der Waals surface area contributed by atoms with Crippen molar-refractivity contribution in [2.24, 2.45) is 5.10 Å². The highest BCUT2D eigenvalue weighted by atomic mass is 16.3. The predicted molar refractivity (Wildman–Crippen MR) is 52.3 cm³/mol. The predicted octanol–water partition coefficient (Wildman–Crippen LogP) is 1.52. The Bertz CT molecular complexity index is 147. The van der Waals surface area contributed by atoms with Crippen molar-refractivity contribution in [2.45, 2.75) is 46.1 Å². The van der Waals surface area contributed by atoms with E-state index in [1.807, 2.05) is 6.92 Å². The molecule has 0 atom stereocenters. The molecule has 0 rings (SSSR count). The van der Waals surface area contributed by atoms with Crippen LogP contribution in [0.1, 0.15) is 40.5 Å². The van der Waals surface area contributed by atoms with E-state index in [0.29, 0.717) is 6.42 Å². The van der Waals surface area contributed by atoms with Crippen LogP contribution in [-0.2, 0) is 0 Å². The van der Waals surface area contributed by atoms with Gasteiger partial charge in [0.15, 0.2) is 0 Å². The lowest BCUT2D eigenvalue weighted by atomic mass is 10.0. The van der Waals surface area contributed by atoms with Gasteiger partial charge in [-0.1, -0.05) is 6.92 Å². The molecule has 12 heavy (non-hydrogen) atoms. The number of nitrogens with one attached hydrogen (secondary N) is 1. The zero-order valence-electron chi connectivity index (χ0n) is 8.52. The van der Waals surface area contributed by atoms with E-state index in [1.54, 1.807) is 13.8 Å². The second kappa shape index (κ2) is 5.14. The summed E-state index contributed by atoms with van der Waals surface area (Å²) < 4.78 is 0. The number of rotatable bonds is 5. The molecule has 0 bridgehead atoms. The lowest BCUT2D eigenvalue weighted by molar-refractivity contribution is 0.0883. The van der Waals surface area contributed by atoms with Crippen molar-refractivity contribution in [1.29, 1.82) is 0 Å². The molecule has 0 amide bonds. The van der Waals surface area contributed by atoms with Gasteiger partial charge in [-0.15, -0.1) is 0 Å². The van der Waals surface area contributed by atoms with E-state index in [9.17, 15) is 5.11 Å². The van der Waals surface area contributed by atoms with E-state index >= 15 is 0 Å². The fraction of sp³-hybridized carbons (Fsp3) is 0.889. The van der Waals surface area contributed by atoms with Gasteiger partial charge in [0.1, 0.15) is 0 Å². The van der Waals surface area contributed by atoms with Crippen molar-refractivity contribution in [3.8, 4) is 0 Å². The summed E-state index contributed by atoms with van der Waals surface area (Å²) in [5.74, 6) is 0. The molecular weight excluding hydrogens is 152 g/mol. The fourth-order valence-electron chi connectivity index (χ4n) is 0.968. The van der Waals surface area contributed by atoms with Gasteiger partial charge < -0.3 is 10.5 Å². The molecule has 0 fully saturated rings. The van der Waals surface area contributed by atoms with E-state index in [4.69, 9.17) is 0 Å². The van der Waals surface area contributed by atoms with Crippen LogP contribution in [0.5, 0.6) is 0 Å². The van der Waals surface area contributed by atoms with Gasteiger partial charge in [0.2, 0.25) is 0 Å². The van der Waals surface area contributed by atoms with E-state index in [1.165, 1.54) is 0 Å². The summed E-state index contributed by atoms with van der Waals surface area (Å²) in [6.45, 7) is 8.47. The highest BCUT2D eigenvalue weighted by Crippen LogP contribution is 2.07. The maximum atomic E-state index is 9.44. The molecule has 2 N–H and O–H groups in total. The summed E-state index contributed by atoms with van der Waals surface area (Å²) in [5.41, 5.74) is 3.22. The number of nitrogens with zero attached hydrogens (tertiary/aromatic N) is 1. The van der Waals surface area contributed by atoms with Crippen LogP contribution in [0.3, 0.4) is 0 Å². The van der Waals surface area contributed by atoms with E-state index in [-0.39, 0.29) is 0 Å². The average Bonchev–Trinajstić information content (AvgIpc) is 1.84. The zero-order valence-corrected chi connectivity index (χ0v) is 8.52. The van der Waals surface area contributed by atoms with Crippen LogP contribution in [0.15, 0.2) is 5.10 Å². The zero-order chi connectivity index (χ0) is 9.61. The molecule has 0 aromatic carbocycles. The molecule has 0 aliphatic carbocycles. The Morgan fingerprint density at radius 1 is 1.50 bits per heavy atom. The quantitative estimate of drug-likeness (QED) is 0.375. The number of aliphatic hydroxyl groups is 1. The Hall–Kier alpha value is -0.570. The first-order valence-corrected chi connectivity index (χ1v) is 4.44. The molecule has 0 aromatic rings. The van der Waals surface area contributed by atoms with Crippen molar-refractivity contribution in [1.82, 2.24) is 5.43 Å². The smallest absolute Gasteiger partial charge is 0.0644 e. The molecule has 0 aliphatic heterocycles. The largest absolute Gasteiger partial charge is 0.390 e. The summed E-state index contributed by atoms with van der Waals surface area (Å²) in [6, 6.07) is 0. The van der Waals surface area contributed by atoms with E-state index in [2.05, 4.69) is 17.5 Å². The maximum Gasteiger partial charge on any atom is 0.0644 e. The molecule has 0 saturated carbocycles. The van der Waals surface area contributed by atoms with Crippen molar-refractivity contribution < 1.29 is 5.11 Å². The van der Waals surface area contributed by atoms with Crippen LogP contribution >= 0.6 is 0 Å². The first kappa shape index (κ1) is 11.4. The monoisotopic (exact) mass is 172 g/mol. The van der Waals surface area contributed by atoms with E-state index in [0.717, 1.165) is 18.7 Å². The summed E-state index contributed by atoms with van der Waals surface area (Å²) in [6.07, 6.45) is 1.68. The second-order valence-corrected chi connectivity index (χ2v) is 3.74. The first-order chi connectivity index (χ1) is 5.45. The summed E-state index contributed by atoms with van der Waals surface area (Å²) >= 11 is 0. The van der Waals surface area contributed by atoms with Gasteiger partial charge in [-0.05, 0) is 27.2 Å². The minimum atomic E-state index is -0.651. The molecule has 72 valence electrons. The molecule has 0 heterocycles. The molecule has 0 spiro atoms. The standard InChI is InChI=1S/C9H20N2O/c1-5-6-10-11-8(2)7-9(3,4)12/h10,12H,5-7H2,1-4H3/b11-8+. The summed E-state index contributed by atoms with van der Waals surface area (Å²) in [7, 11) is 0. The molecule has 3 nitrogen and oxygen atoms in total. The minimum Gasteiger partial charge on any atom is -0.390 e. The Morgan fingerprint density at radius 2 is 2.08 bits per heavy atom. The Labute approximate surface area is 74.9 Å². The van der Waals surface area contributed by atoms with Crippen LogP contribution in [-0.4, -0.2) is 23.0 Å². The highest BCUT2D eigenvalue weighted by Gasteiger charge is 2.13. The van der Waals surface area contributed by atoms with Gasteiger partial charge in [-0.3, -0.25) is 0 Å². The van der Waals surface area contributed by atoms with Crippen molar-refractivity contribution in [3.63, 3.8) is 0 Å². The molecular formula is C9H20N2O. The highest BCUT2D eigenvalue weighted by molar-refractivity contribution is 5.82. The van der Waals surface area contributed by atoms with Crippen molar-refractivity contribution in [3.05, 3.63) is 0 Å². The number of hydrogen-bond donors (Lipinski definition) is 2. The van der Waals surface area contributed by atoms with Crippen LogP contribution in [0, 0.1) is 0 Å². The van der Waals surface area contributed by atoms with Gasteiger partial charge in [0.25, 0.3) is 0 Å². The third-order valence-electron chi connectivity index (χ3n) is 1.32. The Balaban J connectivity index is 3.70. The van der Waals surface area contributed by atoms with Crippen molar-refractivity contribution in [2.75, 3.05) is 6.54 Å². The average molecular weight is 172 g/mol. The number of hydrogen-bond acceptors (Lipinski definition) is 3. The molecule has 0 radical (unpaired) electrons. The molecule has 3 heteroatoms. The summed E-state index contributed by atoms with van der Waals surface area (Å²) in [4.78, 5) is 0. The van der Waals surface area contributed by atoms with E-state index < -0.39 is 5.60 Å². The third-order valence-corrected chi connectivity index (χ3v) is 1.32. The fourth-order valence-corrected chi connectivity index (χ4v) is 0.968. The molecule has 0 aromatic heterocycles. The molecule has 0 saturated heterocycles. The van der Waals surface area contributed by atoms with Crippen LogP contribution in [0.4, 0.5) is 0 Å². The normalized spacial score (nSPS) is 13.2. The van der Waals surface area contributed by atoms with Gasteiger partial charge in [0, 0.05) is 18.7 Å². The van der Waals surface area contributed by atoms with Gasteiger partial charge in [-0.25, -0.2) is 0 Å². The lowest BCUT2D eigenvalue weighted by Crippen LogP contribution is -2.23. The second-order valence-electron chi connectivity index (χ2n) is 3.74.